The Bertz CT molecular complexity index is 154. The lowest BCUT2D eigenvalue weighted by molar-refractivity contribution is 0.223. The van der Waals surface area contributed by atoms with Gasteiger partial charge in [0.15, 0.2) is 0 Å². The van der Waals surface area contributed by atoms with Crippen LogP contribution in [0, 0.1) is 11.8 Å². The number of hydrogen-bond donors (Lipinski definition) is 0. The minimum Gasteiger partial charge on any atom is -0.501 e. The molecule has 0 spiro atoms. The molecule has 1 aliphatic carbocycles. The first kappa shape index (κ1) is 9.11. The van der Waals surface area contributed by atoms with Gasteiger partial charge in [0, 0.05) is 11.2 Å². The molecule has 0 bridgehead atoms. The van der Waals surface area contributed by atoms with Crippen LogP contribution in [0.25, 0.3) is 0 Å². The summed E-state index contributed by atoms with van der Waals surface area (Å²) in [5, 5.41) is 1.06. The predicted molar refractivity (Wildman–Crippen MR) is 50.8 cm³/mol. The van der Waals surface area contributed by atoms with Gasteiger partial charge in [0.1, 0.15) is 0 Å². The van der Waals surface area contributed by atoms with Gasteiger partial charge in [-0.25, -0.2) is 0 Å². The second-order valence-electron chi connectivity index (χ2n) is 3.17. The van der Waals surface area contributed by atoms with Crippen molar-refractivity contribution in [3.63, 3.8) is 0 Å². The minimum atomic E-state index is 0.621. The van der Waals surface area contributed by atoms with Crippen molar-refractivity contribution in [1.82, 2.24) is 0 Å². The highest BCUT2D eigenvalue weighted by Gasteiger charge is 2.18. The van der Waals surface area contributed by atoms with Crippen LogP contribution in [0.3, 0.4) is 0 Å². The molecule has 64 valence electrons. The van der Waals surface area contributed by atoms with E-state index in [1.807, 2.05) is 0 Å². The maximum absolute atomic E-state index is 5.28. The van der Waals surface area contributed by atoms with Crippen molar-refractivity contribution in [2.24, 2.45) is 11.8 Å². The van der Waals surface area contributed by atoms with E-state index < -0.39 is 0 Å². The third kappa shape index (κ3) is 2.22. The molecule has 1 nitrogen and oxygen atoms in total. The summed E-state index contributed by atoms with van der Waals surface area (Å²) in [5.74, 6) is 2.47. The first-order valence-electron chi connectivity index (χ1n) is 4.09. The highest BCUT2D eigenvalue weighted by atomic mass is 79.9. The molecule has 0 saturated heterocycles. The van der Waals surface area contributed by atoms with E-state index >= 15 is 0 Å². The molecule has 2 unspecified atom stereocenters. The van der Waals surface area contributed by atoms with Gasteiger partial charge in [0.05, 0.1) is 12.9 Å². The van der Waals surface area contributed by atoms with Crippen LogP contribution in [0.5, 0.6) is 0 Å². The molecular weight excluding hydrogens is 204 g/mol. The fourth-order valence-electron chi connectivity index (χ4n) is 1.48. The summed E-state index contributed by atoms with van der Waals surface area (Å²) >= 11 is 3.49. The summed E-state index contributed by atoms with van der Waals surface area (Å²) in [5.41, 5.74) is 0. The fourth-order valence-corrected chi connectivity index (χ4v) is 1.99. The Balaban J connectivity index is 2.61. The average molecular weight is 219 g/mol. The molecule has 0 N–H and O–H groups in total. The van der Waals surface area contributed by atoms with Gasteiger partial charge in [-0.1, -0.05) is 22.9 Å². The molecule has 0 radical (unpaired) electrons. The van der Waals surface area contributed by atoms with Gasteiger partial charge in [-0.2, -0.15) is 0 Å². The molecule has 0 aromatic rings. The zero-order valence-electron chi connectivity index (χ0n) is 7.14. The lowest BCUT2D eigenvalue weighted by Crippen LogP contribution is -2.13. The van der Waals surface area contributed by atoms with E-state index in [-0.39, 0.29) is 0 Å². The molecule has 2 atom stereocenters. The minimum absolute atomic E-state index is 0.621. The molecule has 1 aliphatic rings. The number of halogens is 1. The van der Waals surface area contributed by atoms with Crippen molar-refractivity contribution >= 4 is 15.9 Å². The van der Waals surface area contributed by atoms with E-state index in [1.54, 1.807) is 7.11 Å². The first-order chi connectivity index (χ1) is 5.27. The van der Waals surface area contributed by atoms with Crippen LogP contribution < -0.4 is 0 Å². The van der Waals surface area contributed by atoms with Gasteiger partial charge < -0.3 is 4.74 Å². The van der Waals surface area contributed by atoms with Crippen molar-refractivity contribution in [2.45, 2.75) is 19.8 Å². The van der Waals surface area contributed by atoms with Gasteiger partial charge in [0.25, 0.3) is 0 Å². The maximum Gasteiger partial charge on any atom is 0.0946 e. The summed E-state index contributed by atoms with van der Waals surface area (Å²) in [6.45, 7) is 2.22. The molecule has 2 heteroatoms. The maximum atomic E-state index is 5.28. The fraction of sp³-hybridized carbons (Fsp3) is 0.778. The van der Waals surface area contributed by atoms with Crippen LogP contribution in [-0.4, -0.2) is 12.4 Å². The van der Waals surface area contributed by atoms with E-state index in [1.165, 1.54) is 18.6 Å². The average Bonchev–Trinajstić information content (AvgIpc) is 2.05. The Morgan fingerprint density at radius 3 is 2.91 bits per heavy atom. The Hall–Kier alpha value is 0.0200. The smallest absolute Gasteiger partial charge is 0.0946 e. The Labute approximate surface area is 76.9 Å². The Kier molecular flexibility index (Phi) is 3.44. The van der Waals surface area contributed by atoms with Gasteiger partial charge in [-0.15, -0.1) is 0 Å². The molecule has 0 amide bonds. The van der Waals surface area contributed by atoms with Crippen molar-refractivity contribution in [2.75, 3.05) is 12.4 Å². The van der Waals surface area contributed by atoms with Crippen LogP contribution in [0.15, 0.2) is 11.8 Å². The molecule has 11 heavy (non-hydrogen) atoms. The normalized spacial score (nSPS) is 31.4. The first-order valence-corrected chi connectivity index (χ1v) is 5.21. The quantitative estimate of drug-likeness (QED) is 0.649. The zero-order chi connectivity index (χ0) is 8.27. The molecule has 0 aliphatic heterocycles. The summed E-state index contributed by atoms with van der Waals surface area (Å²) in [7, 11) is 1.76. The third-order valence-corrected chi connectivity index (χ3v) is 3.12. The van der Waals surface area contributed by atoms with E-state index in [0.717, 1.165) is 5.33 Å². The van der Waals surface area contributed by atoms with Crippen molar-refractivity contribution in [3.05, 3.63) is 11.8 Å². The Morgan fingerprint density at radius 1 is 1.64 bits per heavy atom. The van der Waals surface area contributed by atoms with Gasteiger partial charge in [-0.05, 0) is 24.8 Å². The lowest BCUT2D eigenvalue weighted by atomic mass is 9.89. The molecule has 0 aromatic heterocycles. The number of rotatable bonds is 2. The van der Waals surface area contributed by atoms with Gasteiger partial charge in [0.2, 0.25) is 0 Å². The molecule has 0 saturated carbocycles. The van der Waals surface area contributed by atoms with Crippen molar-refractivity contribution in [3.8, 4) is 0 Å². The molecule has 1 rings (SSSR count). The topological polar surface area (TPSA) is 9.23 Å². The second kappa shape index (κ2) is 4.15. The number of hydrogen-bond acceptors (Lipinski definition) is 1. The van der Waals surface area contributed by atoms with Crippen LogP contribution >= 0.6 is 15.9 Å². The largest absolute Gasteiger partial charge is 0.501 e. The van der Waals surface area contributed by atoms with E-state index in [9.17, 15) is 0 Å². The highest BCUT2D eigenvalue weighted by molar-refractivity contribution is 9.09. The molecule has 0 aromatic carbocycles. The van der Waals surface area contributed by atoms with E-state index in [4.69, 9.17) is 4.74 Å². The monoisotopic (exact) mass is 218 g/mol. The molecular formula is C9H15BrO. The standard InChI is InChI=1S/C9H15BrO/c1-7-3-4-8(6-10)5-9(7)11-2/h5,7-8H,3-4,6H2,1-2H3. The van der Waals surface area contributed by atoms with Crippen LogP contribution in [0.1, 0.15) is 19.8 Å². The summed E-state index contributed by atoms with van der Waals surface area (Å²) in [4.78, 5) is 0. The lowest BCUT2D eigenvalue weighted by Gasteiger charge is -2.23. The number of methoxy groups -OCH3 is 1. The highest BCUT2D eigenvalue weighted by Crippen LogP contribution is 2.29. The molecule has 0 heterocycles. The predicted octanol–water partition coefficient (Wildman–Crippen LogP) is 2.96. The summed E-state index contributed by atoms with van der Waals surface area (Å²) in [6.07, 6.45) is 4.80. The second-order valence-corrected chi connectivity index (χ2v) is 3.81. The van der Waals surface area contributed by atoms with Crippen LogP contribution in [0.4, 0.5) is 0 Å². The number of ether oxygens (including phenoxy) is 1. The Morgan fingerprint density at radius 2 is 2.36 bits per heavy atom. The zero-order valence-corrected chi connectivity index (χ0v) is 8.73. The SMILES string of the molecule is COC1=CC(CBr)CCC1C. The van der Waals surface area contributed by atoms with Crippen molar-refractivity contribution < 1.29 is 4.74 Å². The van der Waals surface area contributed by atoms with Crippen LogP contribution in [0.2, 0.25) is 0 Å². The molecule has 0 fully saturated rings. The van der Waals surface area contributed by atoms with E-state index in [0.29, 0.717) is 11.8 Å². The summed E-state index contributed by atoms with van der Waals surface area (Å²) in [6, 6.07) is 0. The number of allylic oxidation sites excluding steroid dienone is 2. The summed E-state index contributed by atoms with van der Waals surface area (Å²) < 4.78 is 5.28. The number of alkyl halides is 1. The van der Waals surface area contributed by atoms with Gasteiger partial charge in [-0.3, -0.25) is 0 Å². The van der Waals surface area contributed by atoms with Gasteiger partial charge >= 0.3 is 0 Å². The third-order valence-electron chi connectivity index (χ3n) is 2.29. The van der Waals surface area contributed by atoms with Crippen LogP contribution in [-0.2, 0) is 4.74 Å². The van der Waals surface area contributed by atoms with Crippen molar-refractivity contribution in [1.29, 1.82) is 0 Å². The van der Waals surface area contributed by atoms with E-state index in [2.05, 4.69) is 28.9 Å².